The molecule has 3 rings (SSSR count). The van der Waals surface area contributed by atoms with Gasteiger partial charge in [0.2, 0.25) is 5.91 Å². The summed E-state index contributed by atoms with van der Waals surface area (Å²) in [6.07, 6.45) is 3.95. The van der Waals surface area contributed by atoms with E-state index in [9.17, 15) is 9.59 Å². The predicted octanol–water partition coefficient (Wildman–Crippen LogP) is -0.120. The first-order chi connectivity index (χ1) is 8.72. The van der Waals surface area contributed by atoms with Crippen LogP contribution in [0.25, 0.3) is 0 Å². The number of aromatic nitrogens is 2. The van der Waals surface area contributed by atoms with Crippen molar-refractivity contribution in [3.05, 3.63) is 22.1 Å². The van der Waals surface area contributed by atoms with E-state index in [1.165, 1.54) is 10.7 Å². The Morgan fingerprint density at radius 3 is 3.17 bits per heavy atom. The fraction of sp³-hybridized carbons (Fsp3) is 0.583. The van der Waals surface area contributed by atoms with E-state index in [0.29, 0.717) is 6.04 Å². The number of hydrogen-bond donors (Lipinski definition) is 2. The summed E-state index contributed by atoms with van der Waals surface area (Å²) in [5.74, 6) is -0.129. The van der Waals surface area contributed by atoms with Gasteiger partial charge in [-0.3, -0.25) is 9.59 Å². The van der Waals surface area contributed by atoms with Crippen molar-refractivity contribution >= 4 is 11.6 Å². The molecular weight excluding hydrogens is 232 g/mol. The normalized spacial score (nSPS) is 17.8. The summed E-state index contributed by atoms with van der Waals surface area (Å²) in [4.78, 5) is 23.5. The molecule has 1 aromatic rings. The van der Waals surface area contributed by atoms with Crippen molar-refractivity contribution in [1.82, 2.24) is 15.1 Å². The molecule has 0 saturated heterocycles. The highest BCUT2D eigenvalue weighted by atomic mass is 16.2. The SMILES string of the molecule is O=C(Cn1nc2c(cc1=O)NCCC2)NC1CC1. The van der Waals surface area contributed by atoms with Crippen molar-refractivity contribution in [1.29, 1.82) is 0 Å². The topological polar surface area (TPSA) is 76.0 Å². The maximum absolute atomic E-state index is 11.8. The molecule has 0 spiro atoms. The van der Waals surface area contributed by atoms with Gasteiger partial charge in [0, 0.05) is 18.7 Å². The van der Waals surface area contributed by atoms with Crippen LogP contribution in [0.3, 0.4) is 0 Å². The van der Waals surface area contributed by atoms with Crippen LogP contribution in [-0.4, -0.2) is 28.3 Å². The molecule has 0 atom stereocenters. The summed E-state index contributed by atoms with van der Waals surface area (Å²) >= 11 is 0. The van der Waals surface area contributed by atoms with Crippen LogP contribution in [0.1, 0.15) is 25.0 Å². The molecule has 1 saturated carbocycles. The van der Waals surface area contributed by atoms with Gasteiger partial charge in [-0.2, -0.15) is 5.10 Å². The van der Waals surface area contributed by atoms with E-state index in [4.69, 9.17) is 0 Å². The lowest BCUT2D eigenvalue weighted by atomic mass is 10.1. The standard InChI is InChI=1S/C12H16N4O2/c17-11(14-8-3-4-8)7-16-12(18)6-10-9(15-16)2-1-5-13-10/h6,8,13H,1-5,7H2,(H,14,17). The minimum Gasteiger partial charge on any atom is -0.383 e. The molecule has 6 heteroatoms. The van der Waals surface area contributed by atoms with Crippen molar-refractivity contribution in [3.63, 3.8) is 0 Å². The van der Waals surface area contributed by atoms with E-state index in [0.717, 1.165) is 43.6 Å². The van der Waals surface area contributed by atoms with Gasteiger partial charge in [-0.15, -0.1) is 0 Å². The maximum atomic E-state index is 11.8. The summed E-state index contributed by atoms with van der Waals surface area (Å²) in [6.45, 7) is 0.892. The number of nitrogens with zero attached hydrogens (tertiary/aromatic N) is 2. The number of fused-ring (bicyclic) bond motifs is 1. The number of aryl methyl sites for hydroxylation is 1. The summed E-state index contributed by atoms with van der Waals surface area (Å²) in [6, 6.07) is 1.85. The van der Waals surface area contributed by atoms with Gasteiger partial charge in [-0.05, 0) is 25.7 Å². The Balaban J connectivity index is 1.78. The fourth-order valence-corrected chi connectivity index (χ4v) is 2.10. The molecule has 0 aromatic carbocycles. The Morgan fingerprint density at radius 2 is 2.39 bits per heavy atom. The number of rotatable bonds is 3. The van der Waals surface area contributed by atoms with E-state index >= 15 is 0 Å². The average Bonchev–Trinajstić information content (AvgIpc) is 3.14. The minimum absolute atomic E-state index is 0.0165. The lowest BCUT2D eigenvalue weighted by Gasteiger charge is -2.17. The third-order valence-corrected chi connectivity index (χ3v) is 3.22. The van der Waals surface area contributed by atoms with Crippen molar-refractivity contribution in [2.45, 2.75) is 38.3 Å². The number of carbonyl (C=O) groups is 1. The molecule has 96 valence electrons. The summed E-state index contributed by atoms with van der Waals surface area (Å²) in [5.41, 5.74) is 1.46. The van der Waals surface area contributed by atoms with E-state index in [1.807, 2.05) is 0 Å². The fourth-order valence-electron chi connectivity index (χ4n) is 2.10. The Kier molecular flexibility index (Phi) is 2.77. The molecule has 1 aromatic heterocycles. The quantitative estimate of drug-likeness (QED) is 0.782. The first-order valence-corrected chi connectivity index (χ1v) is 6.36. The second kappa shape index (κ2) is 4.44. The highest BCUT2D eigenvalue weighted by Crippen LogP contribution is 2.18. The molecule has 2 heterocycles. The highest BCUT2D eigenvalue weighted by molar-refractivity contribution is 5.76. The zero-order valence-corrected chi connectivity index (χ0v) is 10.1. The van der Waals surface area contributed by atoms with Crippen LogP contribution in [0, 0.1) is 0 Å². The van der Waals surface area contributed by atoms with E-state index in [1.54, 1.807) is 0 Å². The molecular formula is C12H16N4O2. The van der Waals surface area contributed by atoms with Crippen molar-refractivity contribution in [3.8, 4) is 0 Å². The van der Waals surface area contributed by atoms with E-state index in [2.05, 4.69) is 15.7 Å². The third kappa shape index (κ3) is 2.37. The van der Waals surface area contributed by atoms with E-state index in [-0.39, 0.29) is 18.0 Å². The number of hydrogen-bond acceptors (Lipinski definition) is 4. The highest BCUT2D eigenvalue weighted by Gasteiger charge is 2.23. The molecule has 1 aliphatic carbocycles. The second-order valence-electron chi connectivity index (χ2n) is 4.87. The molecule has 0 unspecified atom stereocenters. The zero-order chi connectivity index (χ0) is 12.5. The van der Waals surface area contributed by atoms with Crippen molar-refractivity contribution in [2.24, 2.45) is 0 Å². The van der Waals surface area contributed by atoms with Crippen molar-refractivity contribution in [2.75, 3.05) is 11.9 Å². The molecule has 1 aliphatic heterocycles. The molecule has 0 radical (unpaired) electrons. The maximum Gasteiger partial charge on any atom is 0.269 e. The van der Waals surface area contributed by atoms with Crippen LogP contribution >= 0.6 is 0 Å². The number of carbonyl (C=O) groups excluding carboxylic acids is 1. The molecule has 0 bridgehead atoms. The van der Waals surface area contributed by atoms with Gasteiger partial charge in [0.1, 0.15) is 6.54 Å². The first-order valence-electron chi connectivity index (χ1n) is 6.36. The summed E-state index contributed by atoms with van der Waals surface area (Å²) in [7, 11) is 0. The number of nitrogens with one attached hydrogen (secondary N) is 2. The predicted molar refractivity (Wildman–Crippen MR) is 66.5 cm³/mol. The van der Waals surface area contributed by atoms with Gasteiger partial charge in [0.25, 0.3) is 5.56 Å². The molecule has 1 amide bonds. The number of amides is 1. The summed E-state index contributed by atoms with van der Waals surface area (Å²) < 4.78 is 1.25. The largest absolute Gasteiger partial charge is 0.383 e. The second-order valence-corrected chi connectivity index (χ2v) is 4.87. The van der Waals surface area contributed by atoms with Gasteiger partial charge in [-0.25, -0.2) is 4.68 Å². The molecule has 1 fully saturated rings. The van der Waals surface area contributed by atoms with Crippen LogP contribution in [-0.2, 0) is 17.8 Å². The lowest BCUT2D eigenvalue weighted by molar-refractivity contribution is -0.122. The Labute approximate surface area is 104 Å². The van der Waals surface area contributed by atoms with Crippen LogP contribution in [0.15, 0.2) is 10.9 Å². The van der Waals surface area contributed by atoms with Gasteiger partial charge in [0.15, 0.2) is 0 Å². The van der Waals surface area contributed by atoms with Crippen LogP contribution < -0.4 is 16.2 Å². The van der Waals surface area contributed by atoms with Gasteiger partial charge in [-0.1, -0.05) is 0 Å². The van der Waals surface area contributed by atoms with Crippen LogP contribution in [0.2, 0.25) is 0 Å². The Bertz CT molecular complexity index is 533. The lowest BCUT2D eigenvalue weighted by Crippen LogP contribution is -2.35. The average molecular weight is 248 g/mol. The molecule has 18 heavy (non-hydrogen) atoms. The Morgan fingerprint density at radius 1 is 1.56 bits per heavy atom. The molecule has 2 aliphatic rings. The van der Waals surface area contributed by atoms with Gasteiger partial charge >= 0.3 is 0 Å². The third-order valence-electron chi connectivity index (χ3n) is 3.22. The first kappa shape index (κ1) is 11.3. The van der Waals surface area contributed by atoms with E-state index < -0.39 is 0 Å². The molecule has 6 nitrogen and oxygen atoms in total. The monoisotopic (exact) mass is 248 g/mol. The van der Waals surface area contributed by atoms with Crippen LogP contribution in [0.4, 0.5) is 5.69 Å². The van der Waals surface area contributed by atoms with Gasteiger partial charge in [0.05, 0.1) is 11.4 Å². The van der Waals surface area contributed by atoms with Crippen molar-refractivity contribution < 1.29 is 4.79 Å². The molecule has 2 N–H and O–H groups in total. The number of anilines is 1. The smallest absolute Gasteiger partial charge is 0.269 e. The van der Waals surface area contributed by atoms with Crippen LogP contribution in [0.5, 0.6) is 0 Å². The minimum atomic E-state index is -0.228. The van der Waals surface area contributed by atoms with Gasteiger partial charge < -0.3 is 10.6 Å². The zero-order valence-electron chi connectivity index (χ0n) is 10.1. The summed E-state index contributed by atoms with van der Waals surface area (Å²) in [5, 5.41) is 10.3. The Hall–Kier alpha value is -1.85.